The van der Waals surface area contributed by atoms with Crippen LogP contribution in [0.3, 0.4) is 0 Å². The predicted molar refractivity (Wildman–Crippen MR) is 107 cm³/mol. The number of carbonyl (C=O) groups is 2. The number of thiophene rings is 1. The van der Waals surface area contributed by atoms with Crippen molar-refractivity contribution in [3.05, 3.63) is 64.5 Å². The second-order valence-electron chi connectivity index (χ2n) is 6.50. The van der Waals surface area contributed by atoms with E-state index in [2.05, 4.69) is 16.0 Å². The van der Waals surface area contributed by atoms with Crippen LogP contribution in [0.25, 0.3) is 10.4 Å². The van der Waals surface area contributed by atoms with Gasteiger partial charge < -0.3 is 0 Å². The molecule has 2 aromatic heterocycles. The Morgan fingerprint density at radius 2 is 1.79 bits per heavy atom. The minimum atomic E-state index is -0.426. The lowest BCUT2D eigenvalue weighted by molar-refractivity contribution is 0.0842. The molecule has 1 aromatic carbocycles. The van der Waals surface area contributed by atoms with Crippen LogP contribution >= 0.6 is 11.3 Å². The third kappa shape index (κ3) is 4.28. The standard InChI is InChI=1S/C20H21FN4O2S/c1-4-25-16(11-15(24-25)12(2)3)19(26)22-23-20(27)18-10-9-17(28-18)13-5-7-14(21)8-6-13/h5-12H,4H2,1-3H3,(H,22,26)(H,23,27). The number of halogens is 1. The van der Waals surface area contributed by atoms with E-state index in [0.717, 1.165) is 16.1 Å². The number of carbonyl (C=O) groups excluding carboxylic acids is 2. The Morgan fingerprint density at radius 1 is 1.11 bits per heavy atom. The molecular formula is C20H21FN4O2S. The van der Waals surface area contributed by atoms with Crippen molar-refractivity contribution < 1.29 is 14.0 Å². The van der Waals surface area contributed by atoms with Crippen LogP contribution in [0.4, 0.5) is 4.39 Å². The van der Waals surface area contributed by atoms with Gasteiger partial charge in [0.1, 0.15) is 11.5 Å². The van der Waals surface area contributed by atoms with Crippen LogP contribution in [0, 0.1) is 5.82 Å². The van der Waals surface area contributed by atoms with Crippen LogP contribution in [0.15, 0.2) is 42.5 Å². The highest BCUT2D eigenvalue weighted by molar-refractivity contribution is 7.17. The van der Waals surface area contributed by atoms with Gasteiger partial charge in [-0.1, -0.05) is 26.0 Å². The molecule has 3 rings (SSSR count). The minimum absolute atomic E-state index is 0.199. The van der Waals surface area contributed by atoms with Gasteiger partial charge in [-0.2, -0.15) is 5.10 Å². The van der Waals surface area contributed by atoms with E-state index in [-0.39, 0.29) is 11.7 Å². The van der Waals surface area contributed by atoms with Gasteiger partial charge in [0, 0.05) is 11.4 Å². The number of aryl methyl sites for hydroxylation is 1. The first kappa shape index (κ1) is 19.8. The predicted octanol–water partition coefficient (Wildman–Crippen LogP) is 3.97. The number of nitrogens with one attached hydrogen (secondary N) is 2. The molecule has 0 saturated heterocycles. The van der Waals surface area contributed by atoms with Crippen molar-refractivity contribution >= 4 is 23.2 Å². The van der Waals surface area contributed by atoms with Crippen molar-refractivity contribution in [3.8, 4) is 10.4 Å². The van der Waals surface area contributed by atoms with Crippen LogP contribution in [0.1, 0.15) is 52.5 Å². The summed E-state index contributed by atoms with van der Waals surface area (Å²) in [5.74, 6) is -0.957. The molecule has 6 nitrogen and oxygen atoms in total. The number of hydrogen-bond acceptors (Lipinski definition) is 4. The summed E-state index contributed by atoms with van der Waals surface area (Å²) in [6, 6.07) is 11.2. The van der Waals surface area contributed by atoms with E-state index < -0.39 is 11.8 Å². The third-order valence-corrected chi connectivity index (χ3v) is 5.30. The van der Waals surface area contributed by atoms with Crippen molar-refractivity contribution in [2.24, 2.45) is 0 Å². The Bertz CT molecular complexity index is 992. The minimum Gasteiger partial charge on any atom is -0.266 e. The van der Waals surface area contributed by atoms with E-state index in [1.54, 1.807) is 35.0 Å². The molecule has 0 radical (unpaired) electrons. The molecule has 2 heterocycles. The average Bonchev–Trinajstić information content (AvgIpc) is 3.33. The normalized spacial score (nSPS) is 10.9. The summed E-state index contributed by atoms with van der Waals surface area (Å²) >= 11 is 1.26. The smallest absolute Gasteiger partial charge is 0.266 e. The Labute approximate surface area is 166 Å². The largest absolute Gasteiger partial charge is 0.287 e. The van der Waals surface area contributed by atoms with E-state index in [9.17, 15) is 14.0 Å². The monoisotopic (exact) mass is 400 g/mol. The molecule has 0 saturated carbocycles. The molecule has 2 N–H and O–H groups in total. The van der Waals surface area contributed by atoms with E-state index in [1.807, 2.05) is 20.8 Å². The Hall–Kier alpha value is -3.00. The van der Waals surface area contributed by atoms with Crippen molar-refractivity contribution in [3.63, 3.8) is 0 Å². The van der Waals surface area contributed by atoms with Crippen molar-refractivity contribution in [2.75, 3.05) is 0 Å². The molecule has 3 aromatic rings. The molecule has 8 heteroatoms. The average molecular weight is 400 g/mol. The zero-order valence-electron chi connectivity index (χ0n) is 15.8. The first-order valence-electron chi connectivity index (χ1n) is 8.93. The number of hydrogen-bond donors (Lipinski definition) is 2. The molecule has 0 unspecified atom stereocenters. The van der Waals surface area contributed by atoms with Gasteiger partial charge in [0.25, 0.3) is 11.8 Å². The molecule has 2 amide bonds. The zero-order valence-corrected chi connectivity index (χ0v) is 16.6. The van der Waals surface area contributed by atoms with Crippen LogP contribution in [-0.2, 0) is 6.54 Å². The van der Waals surface area contributed by atoms with E-state index in [4.69, 9.17) is 0 Å². The maximum absolute atomic E-state index is 13.0. The molecule has 0 fully saturated rings. The lowest BCUT2D eigenvalue weighted by Crippen LogP contribution is -2.42. The van der Waals surface area contributed by atoms with Gasteiger partial charge in [-0.15, -0.1) is 11.3 Å². The van der Waals surface area contributed by atoms with E-state index in [1.165, 1.54) is 23.5 Å². The summed E-state index contributed by atoms with van der Waals surface area (Å²) in [7, 11) is 0. The van der Waals surface area contributed by atoms with Crippen LogP contribution in [-0.4, -0.2) is 21.6 Å². The summed E-state index contributed by atoms with van der Waals surface area (Å²) in [5, 5.41) is 4.40. The van der Waals surface area contributed by atoms with Gasteiger partial charge in [0.15, 0.2) is 0 Å². The third-order valence-electron chi connectivity index (χ3n) is 4.17. The molecule has 0 spiro atoms. The Morgan fingerprint density at radius 3 is 2.43 bits per heavy atom. The SMILES string of the molecule is CCn1nc(C(C)C)cc1C(=O)NNC(=O)c1ccc(-c2ccc(F)cc2)s1. The highest BCUT2D eigenvalue weighted by Gasteiger charge is 2.17. The summed E-state index contributed by atoms with van der Waals surface area (Å²) in [6.07, 6.45) is 0. The first-order chi connectivity index (χ1) is 13.4. The lowest BCUT2D eigenvalue weighted by Gasteiger charge is -2.07. The summed E-state index contributed by atoms with van der Waals surface area (Å²) in [4.78, 5) is 26.1. The molecule has 28 heavy (non-hydrogen) atoms. The Balaban J connectivity index is 1.66. The fourth-order valence-electron chi connectivity index (χ4n) is 2.61. The van der Waals surface area contributed by atoms with Gasteiger partial charge in [-0.25, -0.2) is 4.39 Å². The summed E-state index contributed by atoms with van der Waals surface area (Å²) in [5.41, 5.74) is 6.91. The highest BCUT2D eigenvalue weighted by atomic mass is 32.1. The van der Waals surface area contributed by atoms with Crippen molar-refractivity contribution in [1.29, 1.82) is 0 Å². The second-order valence-corrected chi connectivity index (χ2v) is 7.59. The molecule has 0 aliphatic heterocycles. The number of nitrogens with zero attached hydrogens (tertiary/aromatic N) is 2. The summed E-state index contributed by atoms with van der Waals surface area (Å²) < 4.78 is 14.7. The lowest BCUT2D eigenvalue weighted by atomic mass is 10.1. The zero-order chi connectivity index (χ0) is 20.3. The number of aromatic nitrogens is 2. The van der Waals surface area contributed by atoms with Gasteiger partial charge in [0.2, 0.25) is 0 Å². The van der Waals surface area contributed by atoms with Gasteiger partial charge >= 0.3 is 0 Å². The quantitative estimate of drug-likeness (QED) is 0.637. The molecule has 0 atom stereocenters. The maximum atomic E-state index is 13.0. The summed E-state index contributed by atoms with van der Waals surface area (Å²) in [6.45, 7) is 6.45. The van der Waals surface area contributed by atoms with Crippen LogP contribution in [0.5, 0.6) is 0 Å². The molecular weight excluding hydrogens is 379 g/mol. The number of rotatable bonds is 5. The van der Waals surface area contributed by atoms with E-state index in [0.29, 0.717) is 17.1 Å². The fraction of sp³-hybridized carbons (Fsp3) is 0.250. The van der Waals surface area contributed by atoms with Crippen molar-refractivity contribution in [1.82, 2.24) is 20.6 Å². The van der Waals surface area contributed by atoms with E-state index >= 15 is 0 Å². The topological polar surface area (TPSA) is 76.0 Å². The molecule has 146 valence electrons. The first-order valence-corrected chi connectivity index (χ1v) is 9.75. The van der Waals surface area contributed by atoms with Crippen LogP contribution < -0.4 is 10.9 Å². The molecule has 0 aliphatic carbocycles. The highest BCUT2D eigenvalue weighted by Crippen LogP contribution is 2.28. The number of hydrazine groups is 1. The second kappa shape index (κ2) is 8.35. The molecule has 0 aliphatic rings. The van der Waals surface area contributed by atoms with Crippen LogP contribution in [0.2, 0.25) is 0 Å². The van der Waals surface area contributed by atoms with Gasteiger partial charge in [0.05, 0.1) is 10.6 Å². The van der Waals surface area contributed by atoms with Gasteiger partial charge in [-0.05, 0) is 48.7 Å². The molecule has 0 bridgehead atoms. The maximum Gasteiger partial charge on any atom is 0.287 e. The number of benzene rings is 1. The Kier molecular flexibility index (Phi) is 5.89. The fourth-order valence-corrected chi connectivity index (χ4v) is 3.52. The number of amides is 2. The van der Waals surface area contributed by atoms with Crippen molar-refractivity contribution in [2.45, 2.75) is 33.2 Å². The van der Waals surface area contributed by atoms with Gasteiger partial charge in [-0.3, -0.25) is 25.1 Å².